The molecule has 0 atom stereocenters. The number of alkyl halides is 3. The minimum absolute atomic E-state index is 0.147. The van der Waals surface area contributed by atoms with Crippen molar-refractivity contribution in [2.45, 2.75) is 19.5 Å². The van der Waals surface area contributed by atoms with E-state index in [4.69, 9.17) is 0 Å². The third-order valence-corrected chi connectivity index (χ3v) is 5.91. The van der Waals surface area contributed by atoms with Crippen LogP contribution in [0.3, 0.4) is 0 Å². The molecule has 0 unspecified atom stereocenters. The normalized spacial score (nSPS) is 12.0. The Kier molecular flexibility index (Phi) is 4.35. The molecular weight excluding hydrogens is 395 g/mol. The van der Waals surface area contributed by atoms with Crippen LogP contribution in [0.1, 0.15) is 22.0 Å². The lowest BCUT2D eigenvalue weighted by molar-refractivity contribution is -0.137. The number of H-pyrrole nitrogens is 1. The van der Waals surface area contributed by atoms with E-state index in [1.54, 1.807) is 11.3 Å². The van der Waals surface area contributed by atoms with Gasteiger partial charge in [-0.1, -0.05) is 0 Å². The van der Waals surface area contributed by atoms with Gasteiger partial charge in [0.2, 0.25) is 0 Å². The van der Waals surface area contributed by atoms with Crippen molar-refractivity contribution in [1.82, 2.24) is 15.0 Å². The summed E-state index contributed by atoms with van der Waals surface area (Å²) in [6, 6.07) is 6.24. The van der Waals surface area contributed by atoms with E-state index >= 15 is 0 Å². The highest BCUT2D eigenvalue weighted by Crippen LogP contribution is 2.35. The van der Waals surface area contributed by atoms with Crippen molar-refractivity contribution in [3.05, 3.63) is 68.2 Å². The molecule has 0 aliphatic heterocycles. The van der Waals surface area contributed by atoms with Crippen molar-refractivity contribution in [3.63, 3.8) is 0 Å². The van der Waals surface area contributed by atoms with Crippen molar-refractivity contribution in [2.75, 3.05) is 0 Å². The van der Waals surface area contributed by atoms with E-state index in [9.17, 15) is 18.0 Å². The van der Waals surface area contributed by atoms with E-state index in [-0.39, 0.29) is 12.0 Å². The Hall–Kier alpha value is -2.52. The number of aromatic amines is 1. The number of hydrogen-bond donors (Lipinski definition) is 1. The first kappa shape index (κ1) is 17.9. The first-order chi connectivity index (χ1) is 12.8. The van der Waals surface area contributed by atoms with Crippen LogP contribution in [-0.4, -0.2) is 15.0 Å². The fourth-order valence-corrected chi connectivity index (χ4v) is 4.63. The molecule has 0 aromatic carbocycles. The zero-order valence-electron chi connectivity index (χ0n) is 13.9. The van der Waals surface area contributed by atoms with E-state index in [0.717, 1.165) is 27.6 Å². The standard InChI is InChI=1S/C18H12F3N3OS2/c1-9-2-5-13(27-9)12-8-26-17-15(12)16(25)23-14(24-17)6-11-4-3-10(7-22-11)18(19,20)21/h2-5,7-8H,6H2,1H3,(H,23,24,25). The van der Waals surface area contributed by atoms with Crippen LogP contribution in [0.4, 0.5) is 13.2 Å². The van der Waals surface area contributed by atoms with Crippen molar-refractivity contribution < 1.29 is 13.2 Å². The number of nitrogens with one attached hydrogen (secondary N) is 1. The van der Waals surface area contributed by atoms with Crippen LogP contribution in [0.15, 0.2) is 40.6 Å². The lowest BCUT2D eigenvalue weighted by atomic mass is 10.2. The smallest absolute Gasteiger partial charge is 0.310 e. The summed E-state index contributed by atoms with van der Waals surface area (Å²) in [5.41, 5.74) is 0.179. The first-order valence-electron chi connectivity index (χ1n) is 7.90. The Morgan fingerprint density at radius 1 is 1.19 bits per heavy atom. The van der Waals surface area contributed by atoms with Crippen LogP contribution < -0.4 is 5.56 Å². The number of aromatic nitrogens is 3. The Morgan fingerprint density at radius 2 is 2.00 bits per heavy atom. The van der Waals surface area contributed by atoms with Crippen molar-refractivity contribution in [2.24, 2.45) is 0 Å². The lowest BCUT2D eigenvalue weighted by Crippen LogP contribution is -2.12. The second-order valence-electron chi connectivity index (χ2n) is 5.97. The number of aryl methyl sites for hydroxylation is 1. The molecule has 1 N–H and O–H groups in total. The molecule has 0 aliphatic carbocycles. The first-order valence-corrected chi connectivity index (χ1v) is 9.60. The van der Waals surface area contributed by atoms with Gasteiger partial charge in [-0.2, -0.15) is 13.2 Å². The molecule has 4 heterocycles. The number of nitrogens with zero attached hydrogens (tertiary/aromatic N) is 2. The Bertz CT molecular complexity index is 1170. The van der Waals surface area contributed by atoms with Gasteiger partial charge >= 0.3 is 6.18 Å². The molecule has 27 heavy (non-hydrogen) atoms. The van der Waals surface area contributed by atoms with Crippen molar-refractivity contribution >= 4 is 32.9 Å². The molecule has 138 valence electrons. The van der Waals surface area contributed by atoms with Crippen LogP contribution in [0.5, 0.6) is 0 Å². The molecular formula is C18H12F3N3OS2. The maximum Gasteiger partial charge on any atom is 0.417 e. The highest BCUT2D eigenvalue weighted by Gasteiger charge is 2.30. The van der Waals surface area contributed by atoms with Crippen LogP contribution in [0, 0.1) is 6.92 Å². The summed E-state index contributed by atoms with van der Waals surface area (Å²) in [5, 5.41) is 2.43. The summed E-state index contributed by atoms with van der Waals surface area (Å²) in [6.07, 6.45) is -3.49. The van der Waals surface area contributed by atoms with E-state index < -0.39 is 11.7 Å². The largest absolute Gasteiger partial charge is 0.417 e. The predicted molar refractivity (Wildman–Crippen MR) is 100 cm³/mol. The van der Waals surface area contributed by atoms with E-state index in [2.05, 4.69) is 15.0 Å². The fraction of sp³-hybridized carbons (Fsp3) is 0.167. The maximum atomic E-state index is 12.6. The number of rotatable bonds is 3. The zero-order chi connectivity index (χ0) is 19.2. The summed E-state index contributed by atoms with van der Waals surface area (Å²) in [6.45, 7) is 2.00. The lowest BCUT2D eigenvalue weighted by Gasteiger charge is -2.06. The number of pyridine rings is 1. The van der Waals surface area contributed by atoms with E-state index in [1.807, 2.05) is 24.4 Å². The molecule has 0 spiro atoms. The molecule has 4 aromatic rings. The van der Waals surface area contributed by atoms with E-state index in [1.165, 1.54) is 17.4 Å². The Labute approximate surface area is 159 Å². The summed E-state index contributed by atoms with van der Waals surface area (Å²) < 4.78 is 37.9. The number of thiophene rings is 2. The highest BCUT2D eigenvalue weighted by atomic mass is 32.1. The number of hydrogen-bond acceptors (Lipinski definition) is 5. The molecule has 4 nitrogen and oxygen atoms in total. The average Bonchev–Trinajstić information content (AvgIpc) is 3.21. The SMILES string of the molecule is Cc1ccc(-c2csc3nc(Cc4ccc(C(F)(F)F)cn4)[nH]c(=O)c23)s1. The predicted octanol–water partition coefficient (Wildman–Crippen LogP) is 5.03. The van der Waals surface area contributed by atoms with Gasteiger partial charge in [-0.25, -0.2) is 4.98 Å². The van der Waals surface area contributed by atoms with Gasteiger partial charge in [-0.05, 0) is 31.2 Å². The number of halogens is 3. The molecule has 4 aromatic heterocycles. The van der Waals surface area contributed by atoms with Crippen molar-refractivity contribution in [1.29, 1.82) is 0 Å². The quantitative estimate of drug-likeness (QED) is 0.518. The molecule has 0 radical (unpaired) electrons. The van der Waals surface area contributed by atoms with Crippen LogP contribution in [-0.2, 0) is 12.6 Å². The van der Waals surface area contributed by atoms with Crippen LogP contribution >= 0.6 is 22.7 Å². The molecule has 0 bridgehead atoms. The second kappa shape index (κ2) is 6.58. The summed E-state index contributed by atoms with van der Waals surface area (Å²) in [7, 11) is 0. The summed E-state index contributed by atoms with van der Waals surface area (Å²) in [4.78, 5) is 26.4. The second-order valence-corrected chi connectivity index (χ2v) is 8.11. The van der Waals surface area contributed by atoms with Crippen LogP contribution in [0.2, 0.25) is 0 Å². The maximum absolute atomic E-state index is 12.6. The summed E-state index contributed by atoms with van der Waals surface area (Å²) >= 11 is 2.97. The molecule has 0 amide bonds. The molecule has 0 aliphatic rings. The van der Waals surface area contributed by atoms with E-state index in [0.29, 0.717) is 21.7 Å². The topological polar surface area (TPSA) is 58.6 Å². The van der Waals surface area contributed by atoms with Crippen molar-refractivity contribution in [3.8, 4) is 10.4 Å². The Balaban J connectivity index is 1.67. The third kappa shape index (κ3) is 3.52. The monoisotopic (exact) mass is 407 g/mol. The Morgan fingerprint density at radius 3 is 2.63 bits per heavy atom. The molecule has 4 rings (SSSR count). The molecule has 9 heteroatoms. The van der Waals surface area contributed by atoms with Gasteiger partial charge in [0, 0.05) is 39.0 Å². The highest BCUT2D eigenvalue weighted by molar-refractivity contribution is 7.19. The van der Waals surface area contributed by atoms with Gasteiger partial charge < -0.3 is 4.98 Å². The fourth-order valence-electron chi connectivity index (χ4n) is 2.71. The minimum atomic E-state index is -4.43. The summed E-state index contributed by atoms with van der Waals surface area (Å²) in [5.74, 6) is 0.371. The van der Waals surface area contributed by atoms with Gasteiger partial charge in [-0.3, -0.25) is 9.78 Å². The van der Waals surface area contributed by atoms with Gasteiger partial charge in [-0.15, -0.1) is 22.7 Å². The van der Waals surface area contributed by atoms with Gasteiger partial charge in [0.1, 0.15) is 10.7 Å². The molecule has 0 saturated carbocycles. The average molecular weight is 407 g/mol. The minimum Gasteiger partial charge on any atom is -0.310 e. The van der Waals surface area contributed by atoms with Gasteiger partial charge in [0.25, 0.3) is 5.56 Å². The zero-order valence-corrected chi connectivity index (χ0v) is 15.6. The number of fused-ring (bicyclic) bond motifs is 1. The van der Waals surface area contributed by atoms with Gasteiger partial charge in [0.15, 0.2) is 0 Å². The third-order valence-electron chi connectivity index (χ3n) is 4.00. The van der Waals surface area contributed by atoms with Crippen LogP contribution in [0.25, 0.3) is 20.7 Å². The molecule has 0 fully saturated rings. The van der Waals surface area contributed by atoms with Gasteiger partial charge in [0.05, 0.1) is 10.9 Å². The molecule has 0 saturated heterocycles.